The third-order valence-electron chi connectivity index (χ3n) is 4.70. The molecule has 1 amide bonds. The number of hydrogen-bond donors (Lipinski definition) is 0. The number of fused-ring (bicyclic) bond motifs is 1. The Kier molecular flexibility index (Phi) is 5.11. The second-order valence-corrected chi connectivity index (χ2v) is 6.51. The van der Waals surface area contributed by atoms with Crippen LogP contribution in [-0.4, -0.2) is 24.0 Å². The van der Waals surface area contributed by atoms with E-state index in [9.17, 15) is 14.9 Å². The lowest BCUT2D eigenvalue weighted by molar-refractivity contribution is -0.384. The van der Waals surface area contributed by atoms with Crippen molar-refractivity contribution in [2.75, 3.05) is 18.1 Å². The number of nitrogens with zero attached hydrogens (tertiary/aromatic N) is 2. The highest BCUT2D eigenvalue weighted by Gasteiger charge is 2.33. The number of hydrogen-bond acceptors (Lipinski definition) is 5. The van der Waals surface area contributed by atoms with Crippen molar-refractivity contribution in [1.29, 1.82) is 0 Å². The van der Waals surface area contributed by atoms with Crippen LogP contribution < -0.4 is 14.4 Å². The maximum atomic E-state index is 13.1. The summed E-state index contributed by atoms with van der Waals surface area (Å²) in [4.78, 5) is 25.1. The number of nitro benzene ring substituents is 1. The van der Waals surface area contributed by atoms with Crippen LogP contribution in [0.4, 0.5) is 11.4 Å². The SMILES string of the molecule is O=C(COc1ccc([N+](=O)[O-])cc1)N1c2ccccc2OCC1c1ccccc1. The largest absolute Gasteiger partial charge is 0.489 e. The van der Waals surface area contributed by atoms with Crippen LogP contribution in [0.5, 0.6) is 11.5 Å². The molecular weight excluding hydrogens is 372 g/mol. The topological polar surface area (TPSA) is 81.9 Å². The van der Waals surface area contributed by atoms with Gasteiger partial charge in [0, 0.05) is 12.1 Å². The minimum absolute atomic E-state index is 0.0325. The van der Waals surface area contributed by atoms with Crippen molar-refractivity contribution >= 4 is 17.3 Å². The predicted molar refractivity (Wildman–Crippen MR) is 107 cm³/mol. The Bertz CT molecular complexity index is 1020. The van der Waals surface area contributed by atoms with Crippen LogP contribution in [0.25, 0.3) is 0 Å². The van der Waals surface area contributed by atoms with E-state index in [-0.39, 0.29) is 24.2 Å². The Morgan fingerprint density at radius 3 is 2.45 bits per heavy atom. The average molecular weight is 390 g/mol. The van der Waals surface area contributed by atoms with Crippen molar-refractivity contribution in [3.05, 3.63) is 94.5 Å². The van der Waals surface area contributed by atoms with Gasteiger partial charge in [-0.3, -0.25) is 19.8 Å². The monoisotopic (exact) mass is 390 g/mol. The molecule has 3 aromatic carbocycles. The van der Waals surface area contributed by atoms with Crippen LogP contribution in [-0.2, 0) is 4.79 Å². The van der Waals surface area contributed by atoms with Gasteiger partial charge >= 0.3 is 0 Å². The van der Waals surface area contributed by atoms with E-state index in [1.165, 1.54) is 24.3 Å². The second-order valence-electron chi connectivity index (χ2n) is 6.51. The molecule has 0 spiro atoms. The summed E-state index contributed by atoms with van der Waals surface area (Å²) in [7, 11) is 0. The molecule has 1 unspecified atom stereocenters. The molecule has 0 bridgehead atoms. The number of ether oxygens (including phenoxy) is 2. The summed E-state index contributed by atoms with van der Waals surface area (Å²) < 4.78 is 11.5. The van der Waals surface area contributed by atoms with Gasteiger partial charge in [-0.1, -0.05) is 42.5 Å². The molecule has 1 heterocycles. The lowest BCUT2D eigenvalue weighted by Crippen LogP contribution is -2.43. The van der Waals surface area contributed by atoms with Gasteiger partial charge in [-0.05, 0) is 29.8 Å². The fourth-order valence-corrected chi connectivity index (χ4v) is 3.30. The molecule has 0 aromatic heterocycles. The maximum Gasteiger partial charge on any atom is 0.269 e. The van der Waals surface area contributed by atoms with Crippen LogP contribution in [0.15, 0.2) is 78.9 Å². The van der Waals surface area contributed by atoms with Gasteiger partial charge in [0.05, 0.1) is 16.7 Å². The highest BCUT2D eigenvalue weighted by atomic mass is 16.6. The summed E-state index contributed by atoms with van der Waals surface area (Å²) >= 11 is 0. The van der Waals surface area contributed by atoms with E-state index in [4.69, 9.17) is 9.47 Å². The van der Waals surface area contributed by atoms with Crippen LogP contribution >= 0.6 is 0 Å². The first-order chi connectivity index (χ1) is 14.1. The number of anilines is 1. The quantitative estimate of drug-likeness (QED) is 0.483. The zero-order valence-electron chi connectivity index (χ0n) is 15.4. The summed E-state index contributed by atoms with van der Waals surface area (Å²) in [5, 5.41) is 10.8. The number of carbonyl (C=O) groups is 1. The summed E-state index contributed by atoms with van der Waals surface area (Å²) in [5.74, 6) is 0.804. The molecule has 0 fully saturated rings. The fraction of sp³-hybridized carbons (Fsp3) is 0.136. The van der Waals surface area contributed by atoms with Gasteiger partial charge in [-0.25, -0.2) is 0 Å². The van der Waals surface area contributed by atoms with Crippen LogP contribution in [0.3, 0.4) is 0 Å². The van der Waals surface area contributed by atoms with E-state index in [2.05, 4.69) is 0 Å². The molecule has 0 radical (unpaired) electrons. The van der Waals surface area contributed by atoms with Gasteiger partial charge in [0.2, 0.25) is 0 Å². The van der Waals surface area contributed by atoms with Gasteiger partial charge in [0.15, 0.2) is 6.61 Å². The van der Waals surface area contributed by atoms with Crippen molar-refractivity contribution in [3.63, 3.8) is 0 Å². The van der Waals surface area contributed by atoms with Gasteiger partial charge in [0.1, 0.15) is 18.1 Å². The molecule has 7 heteroatoms. The zero-order chi connectivity index (χ0) is 20.2. The molecule has 7 nitrogen and oxygen atoms in total. The normalized spacial score (nSPS) is 15.2. The number of amides is 1. The number of rotatable bonds is 5. The van der Waals surface area contributed by atoms with E-state index in [1.54, 1.807) is 4.90 Å². The zero-order valence-corrected chi connectivity index (χ0v) is 15.4. The number of carbonyl (C=O) groups excluding carboxylic acids is 1. The molecule has 146 valence electrons. The lowest BCUT2D eigenvalue weighted by atomic mass is 10.0. The number of para-hydroxylation sites is 2. The minimum Gasteiger partial charge on any atom is -0.489 e. The molecule has 1 aliphatic rings. The molecule has 3 aromatic rings. The summed E-state index contributed by atoms with van der Waals surface area (Å²) in [5.41, 5.74) is 1.62. The van der Waals surface area contributed by atoms with Crippen LogP contribution in [0.1, 0.15) is 11.6 Å². The van der Waals surface area contributed by atoms with Gasteiger partial charge < -0.3 is 9.47 Å². The Hall–Kier alpha value is -3.87. The Labute approximate surface area is 167 Å². The number of nitro groups is 1. The van der Waals surface area contributed by atoms with Crippen molar-refractivity contribution < 1.29 is 19.2 Å². The lowest BCUT2D eigenvalue weighted by Gasteiger charge is -2.37. The number of benzene rings is 3. The number of non-ortho nitro benzene ring substituents is 1. The average Bonchev–Trinajstić information content (AvgIpc) is 2.77. The highest BCUT2D eigenvalue weighted by molar-refractivity contribution is 5.97. The third kappa shape index (κ3) is 3.89. The maximum absolute atomic E-state index is 13.1. The molecule has 0 aliphatic carbocycles. The van der Waals surface area contributed by atoms with Gasteiger partial charge in [-0.2, -0.15) is 0 Å². The Morgan fingerprint density at radius 1 is 1.03 bits per heavy atom. The fourth-order valence-electron chi connectivity index (χ4n) is 3.30. The molecule has 0 N–H and O–H groups in total. The van der Waals surface area contributed by atoms with Gasteiger partial charge in [0.25, 0.3) is 11.6 Å². The molecule has 0 saturated heterocycles. The molecule has 1 atom stereocenters. The third-order valence-corrected chi connectivity index (χ3v) is 4.70. The van der Waals surface area contributed by atoms with Crippen molar-refractivity contribution in [2.24, 2.45) is 0 Å². The van der Waals surface area contributed by atoms with Crippen molar-refractivity contribution in [3.8, 4) is 11.5 Å². The van der Waals surface area contributed by atoms with Gasteiger partial charge in [-0.15, -0.1) is 0 Å². The molecular formula is C22H18N2O5. The summed E-state index contributed by atoms with van der Waals surface area (Å²) in [6.45, 7) is 0.139. The molecule has 0 saturated carbocycles. The first-order valence-corrected chi connectivity index (χ1v) is 9.09. The van der Waals surface area contributed by atoms with E-state index in [0.29, 0.717) is 23.8 Å². The van der Waals surface area contributed by atoms with E-state index < -0.39 is 4.92 Å². The Morgan fingerprint density at radius 2 is 1.72 bits per heavy atom. The Balaban J connectivity index is 1.57. The smallest absolute Gasteiger partial charge is 0.269 e. The first kappa shape index (κ1) is 18.5. The van der Waals surface area contributed by atoms with Crippen molar-refractivity contribution in [2.45, 2.75) is 6.04 Å². The molecule has 1 aliphatic heterocycles. The van der Waals surface area contributed by atoms with E-state index >= 15 is 0 Å². The first-order valence-electron chi connectivity index (χ1n) is 9.09. The van der Waals surface area contributed by atoms with E-state index in [0.717, 1.165) is 5.56 Å². The van der Waals surface area contributed by atoms with Crippen LogP contribution in [0, 0.1) is 10.1 Å². The molecule has 29 heavy (non-hydrogen) atoms. The molecule has 4 rings (SSSR count). The van der Waals surface area contributed by atoms with E-state index in [1.807, 2.05) is 54.6 Å². The highest BCUT2D eigenvalue weighted by Crippen LogP contribution is 2.39. The second kappa shape index (κ2) is 8.02. The standard InChI is InChI=1S/C22H18N2O5/c25-22(15-28-18-12-10-17(11-13-18)24(26)27)23-19-8-4-5-9-21(19)29-14-20(23)16-6-2-1-3-7-16/h1-13,20H,14-15H2. The minimum atomic E-state index is -0.482. The summed E-state index contributed by atoms with van der Waals surface area (Å²) in [6.07, 6.45) is 0. The predicted octanol–water partition coefficient (Wildman–Crippen LogP) is 4.14. The van der Waals surface area contributed by atoms with Crippen LogP contribution in [0.2, 0.25) is 0 Å². The summed E-state index contributed by atoms with van der Waals surface area (Å²) in [6, 6.07) is 22.4. The van der Waals surface area contributed by atoms with Crippen molar-refractivity contribution in [1.82, 2.24) is 0 Å².